The predicted octanol–water partition coefficient (Wildman–Crippen LogP) is 4.59. The molecule has 0 spiro atoms. The molecule has 49 heavy (non-hydrogen) atoms. The third-order valence-corrected chi connectivity index (χ3v) is 9.06. The van der Waals surface area contributed by atoms with E-state index >= 15 is 0 Å². The second kappa shape index (κ2) is 16.0. The van der Waals surface area contributed by atoms with E-state index in [9.17, 15) is 14.4 Å². The summed E-state index contributed by atoms with van der Waals surface area (Å²) in [7, 11) is 7.14. The van der Waals surface area contributed by atoms with Crippen molar-refractivity contribution in [2.45, 2.75) is 39.2 Å². The van der Waals surface area contributed by atoms with Gasteiger partial charge >= 0.3 is 0 Å². The van der Waals surface area contributed by atoms with Crippen LogP contribution in [0.2, 0.25) is 0 Å². The number of likely N-dealkylation sites (N-methyl/N-ethyl adjacent to an activating group) is 1. The maximum Gasteiger partial charge on any atom is 0.258 e. The van der Waals surface area contributed by atoms with E-state index in [1.165, 1.54) is 7.11 Å². The van der Waals surface area contributed by atoms with E-state index in [2.05, 4.69) is 22.2 Å². The van der Waals surface area contributed by atoms with Crippen LogP contribution >= 0.6 is 0 Å². The largest absolute Gasteiger partial charge is 0.495 e. The van der Waals surface area contributed by atoms with E-state index in [1.54, 1.807) is 42.3 Å². The molecule has 12 nitrogen and oxygen atoms in total. The Bertz CT molecular complexity index is 1810. The van der Waals surface area contributed by atoms with Gasteiger partial charge in [0.25, 0.3) is 11.8 Å². The van der Waals surface area contributed by atoms with Gasteiger partial charge in [-0.1, -0.05) is 12.1 Å². The van der Waals surface area contributed by atoms with Crippen LogP contribution in [0.3, 0.4) is 0 Å². The van der Waals surface area contributed by atoms with Gasteiger partial charge in [0.1, 0.15) is 22.8 Å². The van der Waals surface area contributed by atoms with Gasteiger partial charge in [0.2, 0.25) is 5.91 Å². The molecule has 0 aliphatic carbocycles. The van der Waals surface area contributed by atoms with Gasteiger partial charge in [-0.05, 0) is 81.3 Å². The van der Waals surface area contributed by atoms with Crippen molar-refractivity contribution in [3.05, 3.63) is 77.1 Å². The minimum Gasteiger partial charge on any atom is -0.495 e. The number of benzene rings is 3. The number of nitrogens with zero attached hydrogens (tertiary/aromatic N) is 5. The summed E-state index contributed by atoms with van der Waals surface area (Å²) >= 11 is 0. The van der Waals surface area contributed by atoms with E-state index in [1.807, 2.05) is 47.7 Å². The molecule has 1 aromatic heterocycles. The van der Waals surface area contributed by atoms with Crippen molar-refractivity contribution in [3.8, 4) is 11.5 Å². The van der Waals surface area contributed by atoms with E-state index in [-0.39, 0.29) is 24.3 Å². The van der Waals surface area contributed by atoms with Crippen LogP contribution in [-0.4, -0.2) is 91.1 Å². The molecule has 1 fully saturated rings. The van der Waals surface area contributed by atoms with Crippen molar-refractivity contribution in [1.29, 1.82) is 0 Å². The van der Waals surface area contributed by atoms with Crippen molar-refractivity contribution < 1.29 is 23.9 Å². The summed E-state index contributed by atoms with van der Waals surface area (Å²) in [5.74, 6) is 1.24. The summed E-state index contributed by atoms with van der Waals surface area (Å²) in [5.41, 5.74) is 10.0. The van der Waals surface area contributed by atoms with E-state index < -0.39 is 0 Å². The number of hydrogen-bond donors (Lipinski definition) is 2. The fraction of sp³-hybridized carbons (Fsp3) is 0.405. The molecule has 1 aliphatic rings. The number of piperazine rings is 1. The number of nitrogens with one attached hydrogen (secondary N) is 1. The van der Waals surface area contributed by atoms with Crippen LogP contribution in [0.25, 0.3) is 11.0 Å². The molecular formula is C37H47N7O5. The Morgan fingerprint density at radius 3 is 2.47 bits per heavy atom. The van der Waals surface area contributed by atoms with Crippen LogP contribution < -0.4 is 25.4 Å². The molecule has 1 aliphatic heterocycles. The fourth-order valence-electron chi connectivity index (χ4n) is 6.01. The van der Waals surface area contributed by atoms with Crippen molar-refractivity contribution >= 4 is 40.1 Å². The quantitative estimate of drug-likeness (QED) is 0.198. The Hall–Kier alpha value is -4.94. The first kappa shape index (κ1) is 35.4. The Morgan fingerprint density at radius 1 is 0.959 bits per heavy atom. The van der Waals surface area contributed by atoms with E-state index in [0.717, 1.165) is 56.5 Å². The molecule has 5 rings (SSSR count). The summed E-state index contributed by atoms with van der Waals surface area (Å²) < 4.78 is 13.6. The molecule has 3 amide bonds. The fourth-order valence-corrected chi connectivity index (χ4v) is 6.01. The third kappa shape index (κ3) is 8.21. The highest BCUT2D eigenvalue weighted by Crippen LogP contribution is 2.32. The number of ether oxygens (including phenoxy) is 2. The zero-order chi connectivity index (χ0) is 35.1. The second-order valence-electron chi connectivity index (χ2n) is 12.5. The average Bonchev–Trinajstić information content (AvgIpc) is 3.44. The number of unbranched alkanes of at least 4 members (excludes halogenated alkanes) is 2. The lowest BCUT2D eigenvalue weighted by molar-refractivity contribution is -0.132. The van der Waals surface area contributed by atoms with Crippen LogP contribution in [0.15, 0.2) is 54.6 Å². The van der Waals surface area contributed by atoms with Gasteiger partial charge in [-0.3, -0.25) is 14.4 Å². The first-order valence-electron chi connectivity index (χ1n) is 16.7. The highest BCUT2D eigenvalue weighted by molar-refractivity contribution is 6.12. The number of nitrogens with two attached hydrogens (primary N) is 1. The molecule has 1 saturated heterocycles. The highest BCUT2D eigenvalue weighted by Gasteiger charge is 2.22. The number of fused-ring (bicyclic) bond motifs is 1. The average molecular weight is 670 g/mol. The maximum absolute atomic E-state index is 13.7. The van der Waals surface area contributed by atoms with Gasteiger partial charge in [0, 0.05) is 52.3 Å². The molecule has 4 aromatic rings. The minimum atomic E-state index is -0.357. The Morgan fingerprint density at radius 2 is 1.73 bits per heavy atom. The molecule has 0 bridgehead atoms. The van der Waals surface area contributed by atoms with Gasteiger partial charge in [-0.15, -0.1) is 0 Å². The van der Waals surface area contributed by atoms with Gasteiger partial charge in [-0.25, -0.2) is 4.98 Å². The number of imidazole rings is 1. The Balaban J connectivity index is 1.20. The summed E-state index contributed by atoms with van der Waals surface area (Å²) in [6.07, 6.45) is 3.05. The van der Waals surface area contributed by atoms with Gasteiger partial charge in [0.15, 0.2) is 0 Å². The summed E-state index contributed by atoms with van der Waals surface area (Å²) in [5, 5.41) is 2.91. The maximum atomic E-state index is 13.7. The Kier molecular flexibility index (Phi) is 11.5. The predicted molar refractivity (Wildman–Crippen MR) is 192 cm³/mol. The molecule has 0 saturated carbocycles. The second-order valence-corrected chi connectivity index (χ2v) is 12.5. The van der Waals surface area contributed by atoms with Crippen LogP contribution in [0.5, 0.6) is 11.5 Å². The van der Waals surface area contributed by atoms with E-state index in [0.29, 0.717) is 58.4 Å². The van der Waals surface area contributed by atoms with Crippen LogP contribution in [0, 0.1) is 6.92 Å². The number of para-hydroxylation sites is 1. The summed E-state index contributed by atoms with van der Waals surface area (Å²) in [6.45, 7) is 6.15. The number of carbonyl (C=O) groups excluding carboxylic acids is 3. The molecule has 12 heteroatoms. The third-order valence-electron chi connectivity index (χ3n) is 9.06. The minimum absolute atomic E-state index is 0.228. The van der Waals surface area contributed by atoms with Gasteiger partial charge in [-0.2, -0.15) is 0 Å². The zero-order valence-corrected chi connectivity index (χ0v) is 29.1. The lowest BCUT2D eigenvalue weighted by Gasteiger charge is -2.32. The number of aromatic nitrogens is 2. The van der Waals surface area contributed by atoms with E-state index in [4.69, 9.17) is 15.2 Å². The topological polar surface area (TPSA) is 135 Å². The number of carbonyl (C=O) groups is 3. The standard InChI is InChI=1S/C37H47N7O5/c1-25-13-16-29(32(22-25)49-21-8-6-7-12-34(45)44-19-17-41(2)18-20-44)43(4)37(47)26-14-15-28(31(23-26)48-5)39-36(46)27-10-9-11-30-35(27)40-33(24-38)42(30)3/h9-11,13-16,22-23H,6-8,12,17-21,24,38H2,1-5H3,(H,39,46). The highest BCUT2D eigenvalue weighted by atomic mass is 16.5. The van der Waals surface area contributed by atoms with Crippen molar-refractivity contribution in [2.24, 2.45) is 12.8 Å². The molecule has 0 atom stereocenters. The zero-order valence-electron chi connectivity index (χ0n) is 29.1. The van der Waals surface area contributed by atoms with Crippen LogP contribution in [0.4, 0.5) is 11.4 Å². The van der Waals surface area contributed by atoms with Crippen LogP contribution in [-0.2, 0) is 18.4 Å². The number of aryl methyl sites for hydroxylation is 2. The van der Waals surface area contributed by atoms with Crippen molar-refractivity contribution in [2.75, 3.05) is 64.2 Å². The monoisotopic (exact) mass is 669 g/mol. The van der Waals surface area contributed by atoms with Gasteiger partial charge in [0.05, 0.1) is 42.7 Å². The normalized spacial score (nSPS) is 13.4. The molecule has 2 heterocycles. The number of rotatable bonds is 13. The lowest BCUT2D eigenvalue weighted by Crippen LogP contribution is -2.47. The first-order valence-corrected chi connectivity index (χ1v) is 16.7. The van der Waals surface area contributed by atoms with Gasteiger partial charge < -0.3 is 39.8 Å². The van der Waals surface area contributed by atoms with Crippen molar-refractivity contribution in [1.82, 2.24) is 19.4 Å². The molecule has 260 valence electrons. The summed E-state index contributed by atoms with van der Waals surface area (Å²) in [6, 6.07) is 16.1. The summed E-state index contributed by atoms with van der Waals surface area (Å²) in [4.78, 5) is 49.9. The molecule has 0 unspecified atom stereocenters. The molecule has 3 aromatic carbocycles. The Labute approximate surface area is 287 Å². The molecule has 0 radical (unpaired) electrons. The SMILES string of the molecule is COc1cc(C(=O)N(C)c2ccc(C)cc2OCCCCCC(=O)N2CCN(C)CC2)ccc1NC(=O)c1cccc2c1nc(CN)n2C. The van der Waals surface area contributed by atoms with Crippen molar-refractivity contribution in [3.63, 3.8) is 0 Å². The molecule has 3 N–H and O–H groups in total. The number of amides is 3. The van der Waals surface area contributed by atoms with Crippen LogP contribution in [0.1, 0.15) is 57.8 Å². The smallest absolute Gasteiger partial charge is 0.258 e. The number of methoxy groups -OCH3 is 1. The number of hydrogen-bond acceptors (Lipinski definition) is 8. The first-order chi connectivity index (χ1) is 23.6. The lowest BCUT2D eigenvalue weighted by atomic mass is 10.1. The molecular weight excluding hydrogens is 622 g/mol. The number of anilines is 2.